The fourth-order valence-electron chi connectivity index (χ4n) is 3.32. The lowest BCUT2D eigenvalue weighted by molar-refractivity contribution is 0.127. The van der Waals surface area contributed by atoms with Crippen LogP contribution in [0.4, 0.5) is 0 Å². The molecule has 0 unspecified atom stereocenters. The Bertz CT molecular complexity index is 635. The molecule has 0 spiro atoms. The highest BCUT2D eigenvalue weighted by atomic mass is 35.5. The summed E-state index contributed by atoms with van der Waals surface area (Å²) in [6.07, 6.45) is 2.48. The van der Waals surface area contributed by atoms with Crippen molar-refractivity contribution in [1.82, 2.24) is 14.8 Å². The maximum Gasteiger partial charge on any atom is 0.134 e. The average molecular weight is 318 g/mol. The largest absolute Gasteiger partial charge is 0.303 e. The molecule has 1 aromatic carbocycles. The normalized spacial score (nSPS) is 17.5. The van der Waals surface area contributed by atoms with E-state index in [2.05, 4.69) is 40.9 Å². The highest BCUT2D eigenvalue weighted by molar-refractivity contribution is 6.30. The summed E-state index contributed by atoms with van der Waals surface area (Å²) in [6, 6.07) is 11.0. The van der Waals surface area contributed by atoms with Crippen molar-refractivity contribution in [2.45, 2.75) is 32.4 Å². The zero-order valence-electron chi connectivity index (χ0n) is 13.4. The van der Waals surface area contributed by atoms with Crippen molar-refractivity contribution in [3.63, 3.8) is 0 Å². The summed E-state index contributed by atoms with van der Waals surface area (Å²) in [5.74, 6) is 0. The molecule has 0 aliphatic carbocycles. The smallest absolute Gasteiger partial charge is 0.134 e. The van der Waals surface area contributed by atoms with Gasteiger partial charge in [0, 0.05) is 23.5 Å². The van der Waals surface area contributed by atoms with Gasteiger partial charge in [-0.05, 0) is 51.7 Å². The van der Waals surface area contributed by atoms with Gasteiger partial charge < -0.3 is 4.90 Å². The molecule has 0 saturated carbocycles. The van der Waals surface area contributed by atoms with Crippen LogP contribution in [0.1, 0.15) is 25.3 Å². The monoisotopic (exact) mass is 317 g/mol. The molecular formula is C18H24ClN3. The van der Waals surface area contributed by atoms with Crippen molar-refractivity contribution in [2.24, 2.45) is 0 Å². The number of benzene rings is 1. The van der Waals surface area contributed by atoms with Crippen LogP contribution in [0.25, 0.3) is 10.9 Å². The number of likely N-dealkylation sites (tertiary alicyclic amines) is 1. The van der Waals surface area contributed by atoms with Gasteiger partial charge >= 0.3 is 0 Å². The number of rotatable bonds is 4. The van der Waals surface area contributed by atoms with Gasteiger partial charge in [0.2, 0.25) is 0 Å². The van der Waals surface area contributed by atoms with Crippen molar-refractivity contribution < 1.29 is 0 Å². The molecule has 2 heterocycles. The Morgan fingerprint density at radius 2 is 2.00 bits per heavy atom. The van der Waals surface area contributed by atoms with Crippen molar-refractivity contribution in [2.75, 3.05) is 26.7 Å². The molecule has 1 aliphatic rings. The van der Waals surface area contributed by atoms with Crippen molar-refractivity contribution >= 4 is 22.5 Å². The van der Waals surface area contributed by atoms with Crippen LogP contribution in [-0.2, 0) is 6.54 Å². The van der Waals surface area contributed by atoms with Crippen molar-refractivity contribution in [1.29, 1.82) is 0 Å². The van der Waals surface area contributed by atoms with Gasteiger partial charge in [0.1, 0.15) is 5.15 Å². The summed E-state index contributed by atoms with van der Waals surface area (Å²) in [6.45, 7) is 6.68. The second-order valence-electron chi connectivity index (χ2n) is 6.21. The maximum atomic E-state index is 6.39. The summed E-state index contributed by atoms with van der Waals surface area (Å²) >= 11 is 6.39. The Hall–Kier alpha value is -1.16. The number of fused-ring (bicyclic) bond motifs is 1. The minimum Gasteiger partial charge on any atom is -0.303 e. The number of pyridine rings is 1. The highest BCUT2D eigenvalue weighted by Crippen LogP contribution is 2.24. The van der Waals surface area contributed by atoms with Crippen LogP contribution in [0.5, 0.6) is 0 Å². The second-order valence-corrected chi connectivity index (χ2v) is 6.57. The highest BCUT2D eigenvalue weighted by Gasteiger charge is 2.22. The topological polar surface area (TPSA) is 19.4 Å². The molecule has 0 N–H and O–H groups in total. The molecule has 1 aromatic heterocycles. The number of hydrogen-bond acceptors (Lipinski definition) is 3. The summed E-state index contributed by atoms with van der Waals surface area (Å²) in [5.41, 5.74) is 2.09. The van der Waals surface area contributed by atoms with Gasteiger partial charge in [0.05, 0.1) is 5.52 Å². The summed E-state index contributed by atoms with van der Waals surface area (Å²) in [4.78, 5) is 9.49. The third kappa shape index (κ3) is 3.43. The fourth-order valence-corrected chi connectivity index (χ4v) is 3.53. The Morgan fingerprint density at radius 1 is 1.27 bits per heavy atom. The van der Waals surface area contributed by atoms with Crippen molar-refractivity contribution in [3.8, 4) is 0 Å². The van der Waals surface area contributed by atoms with E-state index in [9.17, 15) is 0 Å². The number of nitrogens with zero attached hydrogens (tertiary/aromatic N) is 3. The van der Waals surface area contributed by atoms with Gasteiger partial charge in [0.25, 0.3) is 0 Å². The fraction of sp³-hybridized carbons (Fsp3) is 0.500. The van der Waals surface area contributed by atoms with Crippen LogP contribution in [-0.4, -0.2) is 47.5 Å². The predicted octanol–water partition coefficient (Wildman–Crippen LogP) is 3.80. The molecular weight excluding hydrogens is 294 g/mol. The third-order valence-corrected chi connectivity index (χ3v) is 5.12. The quantitative estimate of drug-likeness (QED) is 0.799. The van der Waals surface area contributed by atoms with Crippen LogP contribution in [0.3, 0.4) is 0 Å². The van der Waals surface area contributed by atoms with E-state index in [1.165, 1.54) is 25.9 Å². The molecule has 2 aromatic rings. The van der Waals surface area contributed by atoms with E-state index in [0.717, 1.165) is 29.6 Å². The Labute approximate surface area is 137 Å². The molecule has 1 fully saturated rings. The summed E-state index contributed by atoms with van der Waals surface area (Å²) < 4.78 is 0. The molecule has 0 radical (unpaired) electrons. The van der Waals surface area contributed by atoms with Gasteiger partial charge in [-0.25, -0.2) is 4.98 Å². The lowest BCUT2D eigenvalue weighted by atomic mass is 10.0. The molecule has 4 heteroatoms. The van der Waals surface area contributed by atoms with Crippen LogP contribution in [0, 0.1) is 0 Å². The second kappa shape index (κ2) is 6.95. The molecule has 22 heavy (non-hydrogen) atoms. The standard InChI is InChI=1S/C18H24ClN3/c1-3-22-10-8-16(9-11-22)21(2)13-15-12-14-6-4-5-7-17(14)20-18(15)19/h4-7,12,16H,3,8-11,13H2,1-2H3. The lowest BCUT2D eigenvalue weighted by Gasteiger charge is -2.36. The number of para-hydroxylation sites is 1. The van der Waals surface area contributed by atoms with Crippen LogP contribution < -0.4 is 0 Å². The Morgan fingerprint density at radius 3 is 2.73 bits per heavy atom. The molecule has 1 saturated heterocycles. The number of piperidine rings is 1. The number of hydrogen-bond donors (Lipinski definition) is 0. The first-order valence-corrected chi connectivity index (χ1v) is 8.52. The maximum absolute atomic E-state index is 6.39. The average Bonchev–Trinajstić information content (AvgIpc) is 2.55. The number of halogens is 1. The first kappa shape index (κ1) is 15.7. The third-order valence-electron chi connectivity index (χ3n) is 4.80. The molecule has 3 rings (SSSR count). The van der Waals surface area contributed by atoms with Crippen LogP contribution in [0.15, 0.2) is 30.3 Å². The molecule has 3 nitrogen and oxygen atoms in total. The van der Waals surface area contributed by atoms with Crippen LogP contribution in [0.2, 0.25) is 5.15 Å². The first-order valence-electron chi connectivity index (χ1n) is 8.14. The predicted molar refractivity (Wildman–Crippen MR) is 93.4 cm³/mol. The molecule has 0 atom stereocenters. The van der Waals surface area contributed by atoms with E-state index in [1.54, 1.807) is 0 Å². The molecule has 118 valence electrons. The van der Waals surface area contributed by atoms with Gasteiger partial charge in [-0.15, -0.1) is 0 Å². The SMILES string of the molecule is CCN1CCC(N(C)Cc2cc3ccccc3nc2Cl)CC1. The van der Waals surface area contributed by atoms with E-state index in [0.29, 0.717) is 11.2 Å². The zero-order chi connectivity index (χ0) is 15.5. The molecule has 0 bridgehead atoms. The Kier molecular flexibility index (Phi) is 4.97. The summed E-state index contributed by atoms with van der Waals surface area (Å²) in [5, 5.41) is 1.80. The van der Waals surface area contributed by atoms with Gasteiger partial charge in [-0.3, -0.25) is 4.90 Å². The summed E-state index contributed by atoms with van der Waals surface area (Å²) in [7, 11) is 2.21. The first-order chi connectivity index (χ1) is 10.7. The number of aromatic nitrogens is 1. The van der Waals surface area contributed by atoms with E-state index in [-0.39, 0.29) is 0 Å². The van der Waals surface area contributed by atoms with Crippen LogP contribution >= 0.6 is 11.6 Å². The van der Waals surface area contributed by atoms with E-state index in [1.807, 2.05) is 18.2 Å². The van der Waals surface area contributed by atoms with Gasteiger partial charge in [-0.1, -0.05) is 36.7 Å². The lowest BCUT2D eigenvalue weighted by Crippen LogP contribution is -2.42. The van der Waals surface area contributed by atoms with Crippen molar-refractivity contribution in [3.05, 3.63) is 41.0 Å². The van der Waals surface area contributed by atoms with E-state index >= 15 is 0 Å². The zero-order valence-corrected chi connectivity index (χ0v) is 14.2. The minimum atomic E-state index is 0.636. The van der Waals surface area contributed by atoms with E-state index in [4.69, 9.17) is 11.6 Å². The van der Waals surface area contributed by atoms with E-state index < -0.39 is 0 Å². The van der Waals surface area contributed by atoms with Gasteiger partial charge in [-0.2, -0.15) is 0 Å². The Balaban J connectivity index is 1.71. The minimum absolute atomic E-state index is 0.636. The van der Waals surface area contributed by atoms with Gasteiger partial charge in [0.15, 0.2) is 0 Å². The molecule has 1 aliphatic heterocycles. The molecule has 0 amide bonds.